The summed E-state index contributed by atoms with van der Waals surface area (Å²) in [5.41, 5.74) is 4.78. The third-order valence-electron chi connectivity index (χ3n) is 6.81. The monoisotopic (exact) mass is 533 g/mol. The standard InChI is InChI=1S/C28H33N3O2.C2H2O4/c1-30-16-14-25(15-17-30)33-27-26-12-6-5-10-23(26)13-18-31-20-24(29-28(27)31)11-7-19-32-21-22-8-3-2-4-9-22;3-1(4)2(5)6/h2-12,20,25,27H,13-19,21H2,1H3;(H,3,4)(H,5,6). The molecule has 9 nitrogen and oxygen atoms in total. The van der Waals surface area contributed by atoms with E-state index >= 15 is 0 Å². The largest absolute Gasteiger partial charge is 0.473 e. The van der Waals surface area contributed by atoms with E-state index in [-0.39, 0.29) is 12.2 Å². The SMILES string of the molecule is CN1CCC(OC2c3ccccc3CCn3cc(C=CCOCc4ccccc4)nc32)CC1.O=C(O)C(=O)O. The van der Waals surface area contributed by atoms with Crippen molar-refractivity contribution in [2.75, 3.05) is 26.7 Å². The lowest BCUT2D eigenvalue weighted by Gasteiger charge is -2.32. The first-order valence-corrected chi connectivity index (χ1v) is 13.1. The van der Waals surface area contributed by atoms with Gasteiger partial charge in [0.2, 0.25) is 0 Å². The van der Waals surface area contributed by atoms with Crippen molar-refractivity contribution in [3.8, 4) is 0 Å². The van der Waals surface area contributed by atoms with Gasteiger partial charge in [0, 0.05) is 25.8 Å². The molecule has 5 rings (SSSR count). The van der Waals surface area contributed by atoms with Gasteiger partial charge < -0.3 is 29.2 Å². The van der Waals surface area contributed by atoms with Crippen molar-refractivity contribution in [1.82, 2.24) is 14.5 Å². The molecular formula is C30H35N3O6. The summed E-state index contributed by atoms with van der Waals surface area (Å²) in [4.78, 5) is 25.6. The van der Waals surface area contributed by atoms with E-state index in [9.17, 15) is 0 Å². The average Bonchev–Trinajstić information content (AvgIpc) is 3.29. The summed E-state index contributed by atoms with van der Waals surface area (Å²) in [7, 11) is 2.19. The first-order chi connectivity index (χ1) is 18.9. The lowest BCUT2D eigenvalue weighted by Crippen LogP contribution is -2.35. The van der Waals surface area contributed by atoms with Crippen molar-refractivity contribution in [3.63, 3.8) is 0 Å². The van der Waals surface area contributed by atoms with Gasteiger partial charge in [0.1, 0.15) is 11.9 Å². The van der Waals surface area contributed by atoms with E-state index in [1.54, 1.807) is 0 Å². The van der Waals surface area contributed by atoms with Gasteiger partial charge >= 0.3 is 11.9 Å². The molecule has 1 aromatic heterocycles. The predicted molar refractivity (Wildman–Crippen MR) is 146 cm³/mol. The van der Waals surface area contributed by atoms with Crippen molar-refractivity contribution in [3.05, 3.63) is 95.1 Å². The fourth-order valence-electron chi connectivity index (χ4n) is 4.75. The summed E-state index contributed by atoms with van der Waals surface area (Å²) in [5.74, 6) is -2.63. The van der Waals surface area contributed by atoms with E-state index in [0.29, 0.717) is 13.2 Å². The molecule has 2 aliphatic heterocycles. The van der Waals surface area contributed by atoms with Gasteiger partial charge in [-0.05, 0) is 49.1 Å². The predicted octanol–water partition coefficient (Wildman–Crippen LogP) is 4.03. The maximum atomic E-state index is 9.10. The molecule has 3 heterocycles. The van der Waals surface area contributed by atoms with E-state index < -0.39 is 11.9 Å². The second-order valence-corrected chi connectivity index (χ2v) is 9.70. The Morgan fingerprint density at radius 1 is 1.00 bits per heavy atom. The molecule has 0 radical (unpaired) electrons. The molecule has 3 aromatic rings. The summed E-state index contributed by atoms with van der Waals surface area (Å²) in [5, 5.41) is 14.8. The van der Waals surface area contributed by atoms with Gasteiger partial charge in [-0.15, -0.1) is 0 Å². The van der Waals surface area contributed by atoms with Crippen molar-refractivity contribution >= 4 is 18.0 Å². The second kappa shape index (κ2) is 13.8. The fourth-order valence-corrected chi connectivity index (χ4v) is 4.75. The van der Waals surface area contributed by atoms with Crippen LogP contribution in [0, 0.1) is 0 Å². The molecule has 0 aliphatic carbocycles. The van der Waals surface area contributed by atoms with Crippen LogP contribution in [0.5, 0.6) is 0 Å². The molecule has 2 N–H and O–H groups in total. The number of aromatic nitrogens is 2. The highest BCUT2D eigenvalue weighted by molar-refractivity contribution is 6.27. The van der Waals surface area contributed by atoms with E-state index in [1.807, 2.05) is 24.3 Å². The Morgan fingerprint density at radius 2 is 1.69 bits per heavy atom. The van der Waals surface area contributed by atoms with Crippen LogP contribution in [0.1, 0.15) is 47.2 Å². The number of imidazole rings is 1. The van der Waals surface area contributed by atoms with Crippen LogP contribution in [0.2, 0.25) is 0 Å². The molecule has 1 unspecified atom stereocenters. The van der Waals surface area contributed by atoms with Crippen LogP contribution >= 0.6 is 0 Å². The van der Waals surface area contributed by atoms with Crippen LogP contribution in [0.3, 0.4) is 0 Å². The minimum absolute atomic E-state index is 0.117. The Labute approximate surface area is 228 Å². The fraction of sp³-hybridized carbons (Fsp3) is 0.367. The lowest BCUT2D eigenvalue weighted by atomic mass is 10.00. The molecule has 0 saturated carbocycles. The zero-order valence-corrected chi connectivity index (χ0v) is 22.1. The highest BCUT2D eigenvalue weighted by Gasteiger charge is 2.30. The summed E-state index contributed by atoms with van der Waals surface area (Å²) in [6.45, 7) is 4.28. The van der Waals surface area contributed by atoms with Crippen LogP contribution in [0.25, 0.3) is 6.08 Å². The first kappa shape index (κ1) is 28.2. The molecule has 0 spiro atoms. The maximum Gasteiger partial charge on any atom is 0.414 e. The van der Waals surface area contributed by atoms with Gasteiger partial charge in [-0.2, -0.15) is 0 Å². The van der Waals surface area contributed by atoms with Gasteiger partial charge in [0.25, 0.3) is 0 Å². The molecule has 206 valence electrons. The summed E-state index contributed by atoms with van der Waals surface area (Å²) in [6.07, 6.45) is 9.55. The molecule has 1 fully saturated rings. The number of rotatable bonds is 7. The number of benzene rings is 2. The average molecular weight is 534 g/mol. The van der Waals surface area contributed by atoms with Crippen LogP contribution in [-0.2, 0) is 38.6 Å². The minimum Gasteiger partial charge on any atom is -0.473 e. The highest BCUT2D eigenvalue weighted by atomic mass is 16.5. The summed E-state index contributed by atoms with van der Waals surface area (Å²) in [6, 6.07) is 19.0. The Hall–Kier alpha value is -3.79. The molecule has 0 bridgehead atoms. The van der Waals surface area contributed by atoms with Crippen LogP contribution in [0.15, 0.2) is 66.9 Å². The summed E-state index contributed by atoms with van der Waals surface area (Å²) >= 11 is 0. The second-order valence-electron chi connectivity index (χ2n) is 9.70. The van der Waals surface area contributed by atoms with Crippen LogP contribution in [-0.4, -0.2) is 69.5 Å². The van der Waals surface area contributed by atoms with Crippen LogP contribution < -0.4 is 0 Å². The highest BCUT2D eigenvalue weighted by Crippen LogP contribution is 2.34. The number of carbonyl (C=O) groups is 2. The first-order valence-electron chi connectivity index (χ1n) is 13.1. The maximum absolute atomic E-state index is 9.10. The third kappa shape index (κ3) is 8.10. The molecule has 2 aliphatic rings. The molecular weight excluding hydrogens is 498 g/mol. The van der Waals surface area contributed by atoms with E-state index in [2.05, 4.69) is 65.2 Å². The Bertz CT molecular complexity index is 1250. The molecule has 1 saturated heterocycles. The minimum atomic E-state index is -1.82. The number of aliphatic carboxylic acids is 2. The Kier molecular flexibility index (Phi) is 10.0. The Balaban J connectivity index is 0.000000531. The number of hydrogen-bond donors (Lipinski definition) is 2. The van der Waals surface area contributed by atoms with Crippen molar-refractivity contribution < 1.29 is 29.3 Å². The van der Waals surface area contributed by atoms with E-state index in [1.165, 1.54) is 16.7 Å². The van der Waals surface area contributed by atoms with Crippen molar-refractivity contribution in [2.45, 2.75) is 44.6 Å². The number of carboxylic acid groups (broad SMARTS) is 2. The van der Waals surface area contributed by atoms with Gasteiger partial charge in [0.05, 0.1) is 25.0 Å². The number of aryl methyl sites for hydroxylation is 2. The van der Waals surface area contributed by atoms with Crippen LogP contribution in [0.4, 0.5) is 0 Å². The van der Waals surface area contributed by atoms with Gasteiger partial charge in [-0.3, -0.25) is 0 Å². The number of hydrogen-bond acceptors (Lipinski definition) is 6. The van der Waals surface area contributed by atoms with E-state index in [4.69, 9.17) is 34.3 Å². The summed E-state index contributed by atoms with van der Waals surface area (Å²) < 4.78 is 14.8. The van der Waals surface area contributed by atoms with Gasteiger partial charge in [-0.1, -0.05) is 60.7 Å². The lowest BCUT2D eigenvalue weighted by molar-refractivity contribution is -0.159. The smallest absolute Gasteiger partial charge is 0.414 e. The zero-order chi connectivity index (χ0) is 27.6. The molecule has 1 atom stereocenters. The zero-order valence-electron chi connectivity index (χ0n) is 22.1. The van der Waals surface area contributed by atoms with Gasteiger partial charge in [-0.25, -0.2) is 14.6 Å². The topological polar surface area (TPSA) is 114 Å². The normalized spacial score (nSPS) is 17.5. The number of fused-ring (bicyclic) bond motifs is 2. The quantitative estimate of drug-likeness (QED) is 0.346. The van der Waals surface area contributed by atoms with Crippen molar-refractivity contribution in [2.24, 2.45) is 0 Å². The Morgan fingerprint density at radius 3 is 2.41 bits per heavy atom. The molecule has 9 heteroatoms. The number of piperidine rings is 1. The van der Waals surface area contributed by atoms with E-state index in [0.717, 1.165) is 50.4 Å². The number of nitrogens with zero attached hydrogens (tertiary/aromatic N) is 3. The number of likely N-dealkylation sites (tertiary alicyclic amines) is 1. The number of ether oxygens (including phenoxy) is 2. The van der Waals surface area contributed by atoms with Gasteiger partial charge in [0.15, 0.2) is 0 Å². The third-order valence-corrected chi connectivity index (χ3v) is 6.81. The number of carboxylic acids is 2. The molecule has 39 heavy (non-hydrogen) atoms. The molecule has 0 amide bonds. The van der Waals surface area contributed by atoms with Crippen molar-refractivity contribution in [1.29, 1.82) is 0 Å². The molecule has 2 aromatic carbocycles.